The highest BCUT2D eigenvalue weighted by molar-refractivity contribution is 6.31. The number of carbonyl (C=O) groups is 2. The monoisotopic (exact) mass is 468 g/mol. The second kappa shape index (κ2) is 10.3. The van der Waals surface area contributed by atoms with Crippen molar-refractivity contribution in [3.05, 3.63) is 59.1 Å². The highest BCUT2D eigenvalue weighted by atomic mass is 35.5. The molecule has 1 atom stereocenters. The summed E-state index contributed by atoms with van der Waals surface area (Å²) in [4.78, 5) is 28.7. The van der Waals surface area contributed by atoms with Gasteiger partial charge in [-0.25, -0.2) is 0 Å². The van der Waals surface area contributed by atoms with Gasteiger partial charge in [0.2, 0.25) is 11.8 Å². The second-order valence-corrected chi connectivity index (χ2v) is 7.99. The lowest BCUT2D eigenvalue weighted by atomic mass is 10.2. The summed E-state index contributed by atoms with van der Waals surface area (Å²) in [6, 6.07) is 12.1. The van der Waals surface area contributed by atoms with Crippen molar-refractivity contribution in [3.8, 4) is 0 Å². The van der Waals surface area contributed by atoms with E-state index in [1.165, 1.54) is 6.07 Å². The molecule has 6 nitrogen and oxygen atoms in total. The molecule has 1 aliphatic rings. The largest absolute Gasteiger partial charge is 0.417 e. The van der Waals surface area contributed by atoms with E-state index in [2.05, 4.69) is 10.6 Å². The molecule has 0 aromatic heterocycles. The molecule has 0 radical (unpaired) electrons. The molecular weight excluding hydrogens is 445 g/mol. The van der Waals surface area contributed by atoms with E-state index in [1.54, 1.807) is 0 Å². The molecule has 1 saturated heterocycles. The fourth-order valence-electron chi connectivity index (χ4n) is 3.47. The average Bonchev–Trinajstić information content (AvgIpc) is 2.75. The Labute approximate surface area is 189 Å². The first-order valence-electron chi connectivity index (χ1n) is 10.1. The van der Waals surface area contributed by atoms with Crippen LogP contribution in [0.1, 0.15) is 12.5 Å². The molecule has 1 aliphatic heterocycles. The van der Waals surface area contributed by atoms with Gasteiger partial charge in [-0.15, -0.1) is 0 Å². The molecule has 0 saturated carbocycles. The summed E-state index contributed by atoms with van der Waals surface area (Å²) in [7, 11) is 0. The normalized spacial score (nSPS) is 16.4. The molecule has 2 aromatic carbocycles. The molecule has 172 valence electrons. The van der Waals surface area contributed by atoms with Crippen LogP contribution in [0.5, 0.6) is 0 Å². The number of nitrogens with one attached hydrogen (secondary N) is 2. The highest BCUT2D eigenvalue weighted by Crippen LogP contribution is 2.36. The number of hydrogen-bond acceptors (Lipinski definition) is 4. The van der Waals surface area contributed by atoms with Gasteiger partial charge in [-0.05, 0) is 37.3 Å². The SMILES string of the molecule is C[C@@H](C(=O)Nc1ccccc1)N1CCN(CC(=O)Nc2ccc(Cl)c(C(F)(F)F)c2)CC1. The molecule has 1 heterocycles. The van der Waals surface area contributed by atoms with Crippen LogP contribution < -0.4 is 10.6 Å². The molecule has 2 amide bonds. The Kier molecular flexibility index (Phi) is 7.76. The Morgan fingerprint density at radius 1 is 1.00 bits per heavy atom. The van der Waals surface area contributed by atoms with Crippen molar-refractivity contribution in [1.29, 1.82) is 0 Å². The number of hydrogen-bond donors (Lipinski definition) is 2. The minimum atomic E-state index is -4.60. The second-order valence-electron chi connectivity index (χ2n) is 7.58. The fourth-order valence-corrected chi connectivity index (χ4v) is 3.69. The minimum Gasteiger partial charge on any atom is -0.325 e. The summed E-state index contributed by atoms with van der Waals surface area (Å²) < 4.78 is 38.9. The van der Waals surface area contributed by atoms with Gasteiger partial charge in [0.05, 0.1) is 23.2 Å². The van der Waals surface area contributed by atoms with Gasteiger partial charge in [0.1, 0.15) is 0 Å². The summed E-state index contributed by atoms with van der Waals surface area (Å²) >= 11 is 5.61. The molecule has 1 fully saturated rings. The molecule has 0 bridgehead atoms. The van der Waals surface area contributed by atoms with Crippen molar-refractivity contribution in [1.82, 2.24) is 9.80 Å². The van der Waals surface area contributed by atoms with Crippen LogP contribution in [-0.4, -0.2) is 60.4 Å². The van der Waals surface area contributed by atoms with Crippen molar-refractivity contribution < 1.29 is 22.8 Å². The van der Waals surface area contributed by atoms with Crippen LogP contribution in [0.2, 0.25) is 5.02 Å². The molecule has 0 spiro atoms. The highest BCUT2D eigenvalue weighted by Gasteiger charge is 2.33. The fraction of sp³-hybridized carbons (Fsp3) is 0.364. The van der Waals surface area contributed by atoms with E-state index in [4.69, 9.17) is 11.6 Å². The summed E-state index contributed by atoms with van der Waals surface area (Å²) in [5.41, 5.74) is -0.222. The lowest BCUT2D eigenvalue weighted by Gasteiger charge is -2.37. The predicted molar refractivity (Wildman–Crippen MR) is 118 cm³/mol. The summed E-state index contributed by atoms with van der Waals surface area (Å²) in [6.07, 6.45) is -4.60. The van der Waals surface area contributed by atoms with Crippen LogP contribution in [-0.2, 0) is 15.8 Å². The zero-order valence-electron chi connectivity index (χ0n) is 17.5. The maximum absolute atomic E-state index is 13.0. The lowest BCUT2D eigenvalue weighted by Crippen LogP contribution is -2.53. The average molecular weight is 469 g/mol. The smallest absolute Gasteiger partial charge is 0.325 e. The van der Waals surface area contributed by atoms with Gasteiger partial charge in [0, 0.05) is 37.6 Å². The van der Waals surface area contributed by atoms with Gasteiger partial charge in [-0.2, -0.15) is 13.2 Å². The molecule has 0 aliphatic carbocycles. The molecule has 2 aromatic rings. The molecule has 32 heavy (non-hydrogen) atoms. The Morgan fingerprint density at radius 2 is 1.66 bits per heavy atom. The van der Waals surface area contributed by atoms with Crippen molar-refractivity contribution in [2.75, 3.05) is 43.4 Å². The van der Waals surface area contributed by atoms with E-state index in [9.17, 15) is 22.8 Å². The number of nitrogens with zero attached hydrogens (tertiary/aromatic N) is 2. The van der Waals surface area contributed by atoms with Crippen LogP contribution in [0.4, 0.5) is 24.5 Å². The number of piperazine rings is 1. The first kappa shape index (κ1) is 24.0. The summed E-state index contributed by atoms with van der Waals surface area (Å²) in [5, 5.41) is 4.95. The molecule has 10 heteroatoms. The van der Waals surface area contributed by atoms with Crippen LogP contribution in [0.25, 0.3) is 0 Å². The zero-order chi connectivity index (χ0) is 23.3. The number of anilines is 2. The molecular formula is C22H24ClF3N4O2. The third-order valence-corrected chi connectivity index (χ3v) is 5.63. The minimum absolute atomic E-state index is 0.0385. The Bertz CT molecular complexity index is 948. The van der Waals surface area contributed by atoms with Gasteiger partial charge in [0.15, 0.2) is 0 Å². The third-order valence-electron chi connectivity index (χ3n) is 5.30. The molecule has 3 rings (SSSR count). The molecule has 2 N–H and O–H groups in total. The zero-order valence-corrected chi connectivity index (χ0v) is 18.2. The van der Waals surface area contributed by atoms with E-state index < -0.39 is 22.7 Å². The van der Waals surface area contributed by atoms with Crippen LogP contribution in [0, 0.1) is 0 Å². The Morgan fingerprint density at radius 3 is 2.28 bits per heavy atom. The Balaban J connectivity index is 1.47. The quantitative estimate of drug-likeness (QED) is 0.674. The van der Waals surface area contributed by atoms with Gasteiger partial charge in [-0.1, -0.05) is 29.8 Å². The lowest BCUT2D eigenvalue weighted by molar-refractivity contribution is -0.137. The number of rotatable bonds is 6. The topological polar surface area (TPSA) is 64.7 Å². The van der Waals surface area contributed by atoms with E-state index in [0.29, 0.717) is 26.2 Å². The maximum Gasteiger partial charge on any atom is 0.417 e. The molecule has 0 unspecified atom stereocenters. The van der Waals surface area contributed by atoms with E-state index in [-0.39, 0.29) is 24.2 Å². The standard InChI is InChI=1S/C22H24ClF3N4O2/c1-15(21(32)28-16-5-3-2-4-6-16)30-11-9-29(10-12-30)14-20(31)27-17-7-8-19(23)18(13-17)22(24,25)26/h2-8,13,15H,9-12,14H2,1H3,(H,27,31)(H,28,32)/t15-/m0/s1. The number of carbonyl (C=O) groups excluding carboxylic acids is 2. The van der Waals surface area contributed by atoms with Crippen LogP contribution in [0.3, 0.4) is 0 Å². The first-order valence-corrected chi connectivity index (χ1v) is 10.5. The van der Waals surface area contributed by atoms with Crippen molar-refractivity contribution in [2.45, 2.75) is 19.1 Å². The van der Waals surface area contributed by atoms with E-state index >= 15 is 0 Å². The number of alkyl halides is 3. The Hall–Kier alpha value is -2.62. The van der Waals surface area contributed by atoms with Crippen molar-refractivity contribution >= 4 is 34.8 Å². The van der Waals surface area contributed by atoms with Crippen molar-refractivity contribution in [2.24, 2.45) is 0 Å². The summed E-state index contributed by atoms with van der Waals surface area (Å²) in [5.74, 6) is -0.519. The number of benzene rings is 2. The van der Waals surface area contributed by atoms with Gasteiger partial charge < -0.3 is 10.6 Å². The van der Waals surface area contributed by atoms with E-state index in [0.717, 1.165) is 17.8 Å². The maximum atomic E-state index is 13.0. The number of halogens is 4. The summed E-state index contributed by atoms with van der Waals surface area (Å²) in [6.45, 7) is 4.18. The number of amides is 2. The van der Waals surface area contributed by atoms with Gasteiger partial charge >= 0.3 is 6.18 Å². The van der Waals surface area contributed by atoms with E-state index in [1.807, 2.05) is 47.1 Å². The van der Waals surface area contributed by atoms with Gasteiger partial charge in [-0.3, -0.25) is 19.4 Å². The van der Waals surface area contributed by atoms with Gasteiger partial charge in [0.25, 0.3) is 0 Å². The van der Waals surface area contributed by atoms with Crippen molar-refractivity contribution in [3.63, 3.8) is 0 Å². The van der Waals surface area contributed by atoms with Crippen LogP contribution >= 0.6 is 11.6 Å². The predicted octanol–water partition coefficient (Wildman–Crippen LogP) is 3.94. The third kappa shape index (κ3) is 6.44. The first-order chi connectivity index (χ1) is 15.1. The van der Waals surface area contributed by atoms with Crippen LogP contribution in [0.15, 0.2) is 48.5 Å². The number of para-hydroxylation sites is 1.